The minimum atomic E-state index is -1.66. The summed E-state index contributed by atoms with van der Waals surface area (Å²) in [4.78, 5) is 12.5. The number of benzene rings is 2. The molecule has 1 aliphatic heterocycles. The Morgan fingerprint density at radius 1 is 0.964 bits per heavy atom. The Morgan fingerprint density at radius 3 is 2.14 bits per heavy atom. The molecule has 1 fully saturated rings. The minimum absolute atomic E-state index is 0.163. The molecule has 28 heavy (non-hydrogen) atoms. The molecule has 2 aromatic rings. The Labute approximate surface area is 159 Å². The molecule has 6 N–H and O–H groups in total. The van der Waals surface area contributed by atoms with E-state index in [2.05, 4.69) is 0 Å². The van der Waals surface area contributed by atoms with Crippen molar-refractivity contribution in [2.45, 2.75) is 30.7 Å². The molecule has 0 saturated carbocycles. The van der Waals surface area contributed by atoms with Gasteiger partial charge in [0, 0.05) is 17.7 Å². The Hall–Kier alpha value is -2.69. The third-order valence-electron chi connectivity index (χ3n) is 4.43. The Bertz CT molecular complexity index is 814. The van der Waals surface area contributed by atoms with Crippen molar-refractivity contribution in [3.05, 3.63) is 53.6 Å². The van der Waals surface area contributed by atoms with E-state index in [1.165, 1.54) is 12.1 Å². The Morgan fingerprint density at radius 2 is 1.57 bits per heavy atom. The van der Waals surface area contributed by atoms with E-state index < -0.39 is 54.6 Å². The van der Waals surface area contributed by atoms with Crippen LogP contribution in [0.1, 0.15) is 15.9 Å². The largest absolute Gasteiger partial charge is 0.507 e. The molecule has 5 unspecified atom stereocenters. The molecule has 1 heterocycles. The molecular formula is C19H20O9. The number of ether oxygens (including phenoxy) is 2. The van der Waals surface area contributed by atoms with Crippen molar-refractivity contribution in [3.63, 3.8) is 0 Å². The number of carbonyl (C=O) groups excluding carboxylic acids is 1. The van der Waals surface area contributed by atoms with Gasteiger partial charge in [-0.3, -0.25) is 4.79 Å². The average molecular weight is 392 g/mol. The summed E-state index contributed by atoms with van der Waals surface area (Å²) < 4.78 is 10.5. The summed E-state index contributed by atoms with van der Waals surface area (Å²) in [7, 11) is 0. The number of rotatable bonds is 5. The topological polar surface area (TPSA) is 157 Å². The molecule has 1 saturated heterocycles. The second-order valence-electron chi connectivity index (χ2n) is 6.35. The Kier molecular flexibility index (Phi) is 5.82. The fourth-order valence-electron chi connectivity index (χ4n) is 2.92. The summed E-state index contributed by atoms with van der Waals surface area (Å²) in [6, 6.07) is 10.1. The summed E-state index contributed by atoms with van der Waals surface area (Å²) in [5.41, 5.74) is -0.0666. The summed E-state index contributed by atoms with van der Waals surface area (Å²) in [6.45, 7) is -0.633. The lowest BCUT2D eigenvalue weighted by atomic mass is 9.99. The van der Waals surface area contributed by atoms with Gasteiger partial charge in [0.25, 0.3) is 0 Å². The van der Waals surface area contributed by atoms with Gasteiger partial charge in [-0.2, -0.15) is 0 Å². The van der Waals surface area contributed by atoms with Gasteiger partial charge in [0.2, 0.25) is 12.1 Å². The Balaban J connectivity index is 1.84. The monoisotopic (exact) mass is 392 g/mol. The lowest BCUT2D eigenvalue weighted by molar-refractivity contribution is -0.277. The van der Waals surface area contributed by atoms with E-state index >= 15 is 0 Å². The van der Waals surface area contributed by atoms with Crippen LogP contribution in [0.2, 0.25) is 0 Å². The molecule has 0 amide bonds. The quantitative estimate of drug-likeness (QED) is 0.369. The van der Waals surface area contributed by atoms with Gasteiger partial charge in [0.1, 0.15) is 47.2 Å². The number of phenols is 2. The number of carbonyl (C=O) groups is 1. The SMILES string of the molecule is O=C(c1ccccc1)c1c(O)cc(OC2OC(CO)C(O)C(O)C2O)cc1O. The predicted molar refractivity (Wildman–Crippen MR) is 94.0 cm³/mol. The van der Waals surface area contributed by atoms with Crippen LogP contribution in [0.5, 0.6) is 17.2 Å². The van der Waals surface area contributed by atoms with E-state index in [9.17, 15) is 35.4 Å². The van der Waals surface area contributed by atoms with Crippen LogP contribution < -0.4 is 4.74 Å². The normalized spacial score (nSPS) is 27.4. The second-order valence-corrected chi connectivity index (χ2v) is 6.35. The maximum atomic E-state index is 12.5. The fraction of sp³-hybridized carbons (Fsp3) is 0.316. The first-order valence-corrected chi connectivity index (χ1v) is 8.46. The molecule has 9 heteroatoms. The van der Waals surface area contributed by atoms with E-state index in [1.807, 2.05) is 0 Å². The molecule has 1 aliphatic rings. The summed E-state index contributed by atoms with van der Waals surface area (Å²) in [5.74, 6) is -1.89. The highest BCUT2D eigenvalue weighted by molar-refractivity contribution is 6.12. The van der Waals surface area contributed by atoms with E-state index in [1.54, 1.807) is 18.2 Å². The molecule has 3 rings (SSSR count). The number of phenolic OH excluding ortho intramolecular Hbond substituents is 2. The van der Waals surface area contributed by atoms with Crippen molar-refractivity contribution in [2.75, 3.05) is 6.61 Å². The lowest BCUT2D eigenvalue weighted by Gasteiger charge is -2.39. The molecule has 5 atom stereocenters. The van der Waals surface area contributed by atoms with Crippen molar-refractivity contribution in [2.24, 2.45) is 0 Å². The van der Waals surface area contributed by atoms with Crippen LogP contribution in [0.3, 0.4) is 0 Å². The van der Waals surface area contributed by atoms with Crippen LogP contribution in [0.15, 0.2) is 42.5 Å². The molecule has 150 valence electrons. The van der Waals surface area contributed by atoms with E-state index in [-0.39, 0.29) is 16.9 Å². The van der Waals surface area contributed by atoms with Crippen molar-refractivity contribution in [3.8, 4) is 17.2 Å². The number of hydrogen-bond donors (Lipinski definition) is 6. The highest BCUT2D eigenvalue weighted by Crippen LogP contribution is 2.35. The maximum Gasteiger partial charge on any atom is 0.229 e. The predicted octanol–water partition coefficient (Wildman–Crippen LogP) is -0.493. The third kappa shape index (κ3) is 3.79. The van der Waals surface area contributed by atoms with E-state index in [4.69, 9.17) is 9.47 Å². The van der Waals surface area contributed by atoms with Gasteiger partial charge in [-0.1, -0.05) is 30.3 Å². The van der Waals surface area contributed by atoms with Crippen LogP contribution in [-0.4, -0.2) is 73.7 Å². The zero-order valence-electron chi connectivity index (χ0n) is 14.5. The van der Waals surface area contributed by atoms with Crippen molar-refractivity contribution >= 4 is 5.78 Å². The molecule has 0 radical (unpaired) electrons. The van der Waals surface area contributed by atoms with Gasteiger partial charge in [0.05, 0.1) is 6.61 Å². The second kappa shape index (κ2) is 8.13. The van der Waals surface area contributed by atoms with Gasteiger partial charge < -0.3 is 40.1 Å². The summed E-state index contributed by atoms with van der Waals surface area (Å²) in [5, 5.41) is 59.1. The third-order valence-corrected chi connectivity index (χ3v) is 4.43. The van der Waals surface area contributed by atoms with Gasteiger partial charge >= 0.3 is 0 Å². The van der Waals surface area contributed by atoms with E-state index in [0.29, 0.717) is 0 Å². The van der Waals surface area contributed by atoms with Gasteiger partial charge in [-0.15, -0.1) is 0 Å². The highest BCUT2D eigenvalue weighted by Gasteiger charge is 2.44. The molecule has 0 aliphatic carbocycles. The first kappa shape index (κ1) is 20.1. The first-order chi connectivity index (χ1) is 13.3. The maximum absolute atomic E-state index is 12.5. The first-order valence-electron chi connectivity index (χ1n) is 8.46. The molecule has 2 aromatic carbocycles. The molecule has 0 aromatic heterocycles. The number of aromatic hydroxyl groups is 2. The van der Waals surface area contributed by atoms with Crippen LogP contribution in [0, 0.1) is 0 Å². The summed E-state index contributed by atoms with van der Waals surface area (Å²) >= 11 is 0. The molecule has 0 spiro atoms. The van der Waals surface area contributed by atoms with E-state index in [0.717, 1.165) is 12.1 Å². The van der Waals surface area contributed by atoms with Crippen molar-refractivity contribution < 1.29 is 44.9 Å². The van der Waals surface area contributed by atoms with Gasteiger partial charge in [0.15, 0.2) is 0 Å². The fourth-order valence-corrected chi connectivity index (χ4v) is 2.92. The lowest BCUT2D eigenvalue weighted by Crippen LogP contribution is -2.60. The standard InChI is InChI=1S/C19H20O9/c20-8-13-16(24)17(25)18(26)19(28-13)27-10-6-11(21)14(12(22)7-10)15(23)9-4-2-1-3-5-9/h1-7,13,16-22,24-26H,8H2. The van der Waals surface area contributed by atoms with Gasteiger partial charge in [-0.25, -0.2) is 0 Å². The summed E-state index contributed by atoms with van der Waals surface area (Å²) in [6.07, 6.45) is -7.52. The smallest absolute Gasteiger partial charge is 0.229 e. The van der Waals surface area contributed by atoms with Crippen molar-refractivity contribution in [1.29, 1.82) is 0 Å². The minimum Gasteiger partial charge on any atom is -0.507 e. The zero-order valence-corrected chi connectivity index (χ0v) is 14.5. The van der Waals surface area contributed by atoms with Crippen molar-refractivity contribution in [1.82, 2.24) is 0 Å². The average Bonchev–Trinajstić information content (AvgIpc) is 2.68. The molecule has 0 bridgehead atoms. The number of aliphatic hydroxyl groups is 4. The van der Waals surface area contributed by atoms with Crippen LogP contribution in [0.4, 0.5) is 0 Å². The number of aliphatic hydroxyl groups excluding tert-OH is 4. The zero-order chi connectivity index (χ0) is 20.4. The molecular weight excluding hydrogens is 372 g/mol. The van der Waals surface area contributed by atoms with Crippen LogP contribution in [-0.2, 0) is 4.74 Å². The van der Waals surface area contributed by atoms with Gasteiger partial charge in [-0.05, 0) is 0 Å². The number of ketones is 1. The number of hydrogen-bond acceptors (Lipinski definition) is 9. The molecule has 9 nitrogen and oxygen atoms in total. The van der Waals surface area contributed by atoms with Crippen LogP contribution in [0.25, 0.3) is 0 Å². The highest BCUT2D eigenvalue weighted by atomic mass is 16.7. The van der Waals surface area contributed by atoms with Crippen LogP contribution >= 0.6 is 0 Å².